The topological polar surface area (TPSA) is 43.6 Å². The third-order valence-corrected chi connectivity index (χ3v) is 13.4. The summed E-state index contributed by atoms with van der Waals surface area (Å²) in [5.74, 6) is 2.00. The summed E-state index contributed by atoms with van der Waals surface area (Å²) in [7, 11) is 0. The number of para-hydroxylation sites is 2. The number of hydrogen-bond donors (Lipinski definition) is 0. The van der Waals surface area contributed by atoms with Crippen LogP contribution in [0.2, 0.25) is 0 Å². The first-order chi connectivity index (χ1) is 28.2. The van der Waals surface area contributed by atoms with E-state index in [1.165, 1.54) is 79.0 Å². The van der Waals surface area contributed by atoms with Gasteiger partial charge in [0.2, 0.25) is 0 Å². The van der Waals surface area contributed by atoms with Crippen LogP contribution in [0.4, 0.5) is 0 Å². The highest BCUT2D eigenvalue weighted by atomic mass is 32.1. The van der Waals surface area contributed by atoms with E-state index in [0.29, 0.717) is 17.5 Å². The molecular weight excluding hydrogens is 733 g/mol. The molecule has 0 saturated heterocycles. The fourth-order valence-electron chi connectivity index (χ4n) is 8.44. The highest BCUT2D eigenvalue weighted by Gasteiger charge is 2.19. The third-order valence-electron chi connectivity index (χ3n) is 11.1. The predicted octanol–water partition coefficient (Wildman–Crippen LogP) is 14.4. The Morgan fingerprint density at radius 1 is 0.351 bits per heavy atom. The Bertz CT molecular complexity index is 3410. The van der Waals surface area contributed by atoms with Crippen molar-refractivity contribution < 1.29 is 0 Å². The van der Waals surface area contributed by atoms with Gasteiger partial charge in [-0.2, -0.15) is 0 Å². The lowest BCUT2D eigenvalue weighted by atomic mass is 10.00. The molecule has 0 bridgehead atoms. The molecule has 0 aliphatic carbocycles. The molecule has 0 saturated carbocycles. The smallest absolute Gasteiger partial charge is 0.164 e. The molecule has 0 atom stereocenters. The molecule has 4 aromatic heterocycles. The highest BCUT2D eigenvalue weighted by molar-refractivity contribution is 7.26. The Hall–Kier alpha value is -6.99. The first-order valence-electron chi connectivity index (χ1n) is 19.0. The second-order valence-electron chi connectivity index (χ2n) is 14.4. The molecule has 57 heavy (non-hydrogen) atoms. The van der Waals surface area contributed by atoms with Crippen LogP contribution in [0.5, 0.6) is 0 Å². The van der Waals surface area contributed by atoms with Crippen molar-refractivity contribution in [1.29, 1.82) is 0 Å². The van der Waals surface area contributed by atoms with Gasteiger partial charge >= 0.3 is 0 Å². The van der Waals surface area contributed by atoms with Gasteiger partial charge in [0.15, 0.2) is 17.5 Å². The van der Waals surface area contributed by atoms with Crippen molar-refractivity contribution >= 4 is 84.8 Å². The lowest BCUT2D eigenvalue weighted by molar-refractivity contribution is 1.08. The van der Waals surface area contributed by atoms with E-state index in [1.54, 1.807) is 0 Å². The fraction of sp³-hybridized carbons (Fsp3) is 0. The SMILES string of the molecule is c1ccc(-c2nc(-c3ccccc3)nc(-c3cccc4sc5cc(-c6ccc7sc8c(-n9c%10ccccc%10c%10ccccc%109)cccc8c7c6)ccc5c34)n2)cc1. The number of rotatable bonds is 5. The molecule has 0 unspecified atom stereocenters. The molecule has 12 rings (SSSR count). The molecule has 0 fully saturated rings. The molecule has 0 amide bonds. The molecule has 0 N–H and O–H groups in total. The zero-order valence-electron chi connectivity index (χ0n) is 30.4. The molecule has 8 aromatic carbocycles. The van der Waals surface area contributed by atoms with Crippen LogP contribution in [-0.2, 0) is 0 Å². The fourth-order valence-corrected chi connectivity index (χ4v) is 10.8. The quantitative estimate of drug-likeness (QED) is 0.175. The molecule has 0 aliphatic heterocycles. The van der Waals surface area contributed by atoms with E-state index in [4.69, 9.17) is 15.0 Å². The van der Waals surface area contributed by atoms with Gasteiger partial charge in [0.25, 0.3) is 0 Å². The van der Waals surface area contributed by atoms with Crippen LogP contribution >= 0.6 is 22.7 Å². The standard InChI is InChI=1S/C51H30N4S2/c1-3-13-31(14-4-1)49-52-50(32-15-5-2-6-16-32)54-51(53-49)39-20-12-24-45-47(39)38-27-25-34(30-46(38)56-45)33-26-28-44-40(29-33)37-19-11-23-43(48(37)57-44)55-41-21-9-7-17-35(41)36-18-8-10-22-42(36)55/h1-30H. The summed E-state index contributed by atoms with van der Waals surface area (Å²) in [5, 5.41) is 7.50. The number of fused-ring (bicyclic) bond motifs is 9. The van der Waals surface area contributed by atoms with Crippen LogP contribution in [0.1, 0.15) is 0 Å². The second kappa shape index (κ2) is 12.8. The summed E-state index contributed by atoms with van der Waals surface area (Å²) in [4.78, 5) is 15.1. The zero-order chi connectivity index (χ0) is 37.5. The summed E-state index contributed by atoms with van der Waals surface area (Å²) in [6.45, 7) is 0. The van der Waals surface area contributed by atoms with E-state index >= 15 is 0 Å². The van der Waals surface area contributed by atoms with Gasteiger partial charge in [0.1, 0.15) is 0 Å². The van der Waals surface area contributed by atoms with Crippen molar-refractivity contribution in [2.45, 2.75) is 0 Å². The summed E-state index contributed by atoms with van der Waals surface area (Å²) in [6, 6.07) is 64.9. The Balaban J connectivity index is 0.986. The van der Waals surface area contributed by atoms with E-state index in [2.05, 4.69) is 150 Å². The Labute approximate surface area is 335 Å². The number of aromatic nitrogens is 4. The van der Waals surface area contributed by atoms with Crippen molar-refractivity contribution in [1.82, 2.24) is 19.5 Å². The van der Waals surface area contributed by atoms with Gasteiger partial charge in [-0.15, -0.1) is 22.7 Å². The van der Waals surface area contributed by atoms with Crippen molar-refractivity contribution in [3.05, 3.63) is 182 Å². The van der Waals surface area contributed by atoms with Gasteiger partial charge in [0.05, 0.1) is 21.4 Å². The van der Waals surface area contributed by atoms with Crippen LogP contribution in [0.25, 0.3) is 113 Å². The molecule has 6 heteroatoms. The van der Waals surface area contributed by atoms with Crippen LogP contribution in [0.15, 0.2) is 182 Å². The van der Waals surface area contributed by atoms with E-state index in [-0.39, 0.29) is 0 Å². The number of thiophene rings is 2. The zero-order valence-corrected chi connectivity index (χ0v) is 32.1. The minimum Gasteiger partial charge on any atom is -0.308 e. The van der Waals surface area contributed by atoms with Gasteiger partial charge in [-0.05, 0) is 53.6 Å². The summed E-state index contributed by atoms with van der Waals surface area (Å²) < 4.78 is 7.47. The number of hydrogen-bond acceptors (Lipinski definition) is 5. The monoisotopic (exact) mass is 762 g/mol. The van der Waals surface area contributed by atoms with Crippen molar-refractivity contribution in [2.75, 3.05) is 0 Å². The maximum Gasteiger partial charge on any atom is 0.164 e. The minimum atomic E-state index is 0.664. The molecule has 266 valence electrons. The highest BCUT2D eigenvalue weighted by Crippen LogP contribution is 2.44. The predicted molar refractivity (Wildman–Crippen MR) is 242 cm³/mol. The first-order valence-corrected chi connectivity index (χ1v) is 20.7. The van der Waals surface area contributed by atoms with E-state index in [0.717, 1.165) is 16.7 Å². The van der Waals surface area contributed by atoms with Crippen LogP contribution in [0.3, 0.4) is 0 Å². The van der Waals surface area contributed by atoms with Gasteiger partial charge in [-0.25, -0.2) is 15.0 Å². The van der Waals surface area contributed by atoms with E-state index in [1.807, 2.05) is 59.1 Å². The van der Waals surface area contributed by atoms with Crippen molar-refractivity contribution in [2.24, 2.45) is 0 Å². The molecule has 0 spiro atoms. The average molecular weight is 763 g/mol. The maximum absolute atomic E-state index is 5.08. The lowest BCUT2D eigenvalue weighted by Crippen LogP contribution is -2.00. The van der Waals surface area contributed by atoms with Crippen molar-refractivity contribution in [3.63, 3.8) is 0 Å². The van der Waals surface area contributed by atoms with E-state index in [9.17, 15) is 0 Å². The average Bonchev–Trinajstić information content (AvgIpc) is 3.96. The number of benzene rings is 8. The normalized spacial score (nSPS) is 11.9. The van der Waals surface area contributed by atoms with Gasteiger partial charge in [-0.1, -0.05) is 140 Å². The second-order valence-corrected chi connectivity index (χ2v) is 16.5. The first kappa shape index (κ1) is 32.3. The molecule has 4 nitrogen and oxygen atoms in total. The summed E-state index contributed by atoms with van der Waals surface area (Å²) >= 11 is 3.70. The van der Waals surface area contributed by atoms with Gasteiger partial charge in [0, 0.05) is 63.1 Å². The van der Waals surface area contributed by atoms with Crippen molar-refractivity contribution in [3.8, 4) is 51.0 Å². The van der Waals surface area contributed by atoms with Gasteiger partial charge < -0.3 is 4.57 Å². The Kier molecular flexibility index (Phi) is 7.24. The van der Waals surface area contributed by atoms with E-state index < -0.39 is 0 Å². The third kappa shape index (κ3) is 5.15. The molecule has 0 radical (unpaired) electrons. The lowest BCUT2D eigenvalue weighted by Gasteiger charge is -2.09. The molecule has 12 aromatic rings. The van der Waals surface area contributed by atoms with Crippen LogP contribution < -0.4 is 0 Å². The summed E-state index contributed by atoms with van der Waals surface area (Å²) in [5.41, 5.74) is 9.02. The number of nitrogens with zero attached hydrogens (tertiary/aromatic N) is 4. The summed E-state index contributed by atoms with van der Waals surface area (Å²) in [6.07, 6.45) is 0. The minimum absolute atomic E-state index is 0.664. The molecular formula is C51H30N4S2. The van der Waals surface area contributed by atoms with Crippen LogP contribution in [-0.4, -0.2) is 19.5 Å². The van der Waals surface area contributed by atoms with Gasteiger partial charge in [-0.3, -0.25) is 0 Å². The molecule has 0 aliphatic rings. The largest absolute Gasteiger partial charge is 0.308 e. The van der Waals surface area contributed by atoms with Crippen LogP contribution in [0, 0.1) is 0 Å². The molecule has 4 heterocycles. The Morgan fingerprint density at radius 3 is 1.67 bits per heavy atom. The Morgan fingerprint density at radius 2 is 0.947 bits per heavy atom. The maximum atomic E-state index is 5.08.